The van der Waals surface area contributed by atoms with Gasteiger partial charge >= 0.3 is 11.9 Å². The highest BCUT2D eigenvalue weighted by Gasteiger charge is 2.37. The smallest absolute Gasteiger partial charge is 0.337 e. The monoisotopic (exact) mass is 470 g/mol. The Balaban J connectivity index is 1.77. The molecule has 7 heteroatoms. The van der Waals surface area contributed by atoms with Gasteiger partial charge in [0.2, 0.25) is 5.88 Å². The standard InChI is InChI=1S/C28H26N2O5/c1-16-12-21(14-17-4-6-19(7-5-17)27(31)33-2)25-22(13-16)24(23(15-29)26(30)35-25)18-8-10-20(11-9-18)28(32)34-3/h4-11,14,16,24H,12-13,30H2,1-3H3/b21-14+. The molecule has 0 aromatic heterocycles. The summed E-state index contributed by atoms with van der Waals surface area (Å²) in [5.74, 6) is -0.112. The summed E-state index contributed by atoms with van der Waals surface area (Å²) in [4.78, 5) is 23.6. The van der Waals surface area contributed by atoms with E-state index in [-0.39, 0.29) is 17.8 Å². The van der Waals surface area contributed by atoms with Crippen LogP contribution in [-0.2, 0) is 14.2 Å². The lowest BCUT2D eigenvalue weighted by Gasteiger charge is -2.35. The predicted molar refractivity (Wildman–Crippen MR) is 130 cm³/mol. The van der Waals surface area contributed by atoms with Gasteiger partial charge in [0.05, 0.1) is 25.3 Å². The number of nitrogens with two attached hydrogens (primary N) is 1. The van der Waals surface area contributed by atoms with Gasteiger partial charge in [0.1, 0.15) is 17.4 Å². The van der Waals surface area contributed by atoms with Crippen LogP contribution in [0.15, 0.2) is 76.9 Å². The first-order valence-corrected chi connectivity index (χ1v) is 11.2. The van der Waals surface area contributed by atoms with Crippen LogP contribution in [0.1, 0.15) is 57.5 Å². The van der Waals surface area contributed by atoms with Gasteiger partial charge in [-0.25, -0.2) is 9.59 Å². The molecule has 0 amide bonds. The van der Waals surface area contributed by atoms with E-state index in [0.29, 0.717) is 28.4 Å². The van der Waals surface area contributed by atoms with Crippen molar-refractivity contribution < 1.29 is 23.8 Å². The summed E-state index contributed by atoms with van der Waals surface area (Å²) in [5, 5.41) is 9.91. The number of hydrogen-bond acceptors (Lipinski definition) is 7. The van der Waals surface area contributed by atoms with Crippen LogP contribution in [-0.4, -0.2) is 26.2 Å². The SMILES string of the molecule is COC(=O)c1ccc(/C=C2\CC(C)CC3=C2OC(N)=C(C#N)C3c2ccc(C(=O)OC)cc2)cc1. The van der Waals surface area contributed by atoms with Gasteiger partial charge < -0.3 is 19.9 Å². The Morgan fingerprint density at radius 3 is 2.11 bits per heavy atom. The van der Waals surface area contributed by atoms with E-state index in [0.717, 1.165) is 35.1 Å². The molecule has 7 nitrogen and oxygen atoms in total. The van der Waals surface area contributed by atoms with Crippen molar-refractivity contribution in [2.24, 2.45) is 11.7 Å². The topological polar surface area (TPSA) is 112 Å². The Bertz CT molecular complexity index is 1290. The number of carbonyl (C=O) groups excluding carboxylic acids is 2. The number of benzene rings is 2. The van der Waals surface area contributed by atoms with Crippen molar-refractivity contribution in [1.29, 1.82) is 5.26 Å². The highest BCUT2D eigenvalue weighted by Crippen LogP contribution is 2.48. The maximum absolute atomic E-state index is 11.9. The zero-order chi connectivity index (χ0) is 25.1. The van der Waals surface area contributed by atoms with E-state index >= 15 is 0 Å². The van der Waals surface area contributed by atoms with E-state index in [4.69, 9.17) is 19.9 Å². The van der Waals surface area contributed by atoms with Crippen molar-refractivity contribution in [3.05, 3.63) is 99.1 Å². The van der Waals surface area contributed by atoms with Crippen LogP contribution >= 0.6 is 0 Å². The zero-order valence-corrected chi connectivity index (χ0v) is 19.8. The van der Waals surface area contributed by atoms with E-state index in [2.05, 4.69) is 13.0 Å². The summed E-state index contributed by atoms with van der Waals surface area (Å²) in [6, 6.07) is 16.4. The second-order valence-electron chi connectivity index (χ2n) is 8.69. The second-order valence-corrected chi connectivity index (χ2v) is 8.69. The molecule has 2 aromatic rings. The Kier molecular flexibility index (Phi) is 6.74. The van der Waals surface area contributed by atoms with E-state index in [1.54, 1.807) is 24.3 Å². The van der Waals surface area contributed by atoms with Crippen LogP contribution in [0.5, 0.6) is 0 Å². The lowest BCUT2D eigenvalue weighted by molar-refractivity contribution is 0.0592. The summed E-state index contributed by atoms with van der Waals surface area (Å²) < 4.78 is 15.6. The fraction of sp³-hybridized carbons (Fsp3) is 0.250. The van der Waals surface area contributed by atoms with Crippen LogP contribution in [0, 0.1) is 17.2 Å². The van der Waals surface area contributed by atoms with Crippen molar-refractivity contribution in [2.75, 3.05) is 14.2 Å². The van der Waals surface area contributed by atoms with E-state index < -0.39 is 5.97 Å². The normalized spacial score (nSPS) is 20.6. The summed E-state index contributed by atoms with van der Waals surface area (Å²) >= 11 is 0. The van der Waals surface area contributed by atoms with Crippen LogP contribution < -0.4 is 5.73 Å². The summed E-state index contributed by atoms with van der Waals surface area (Å²) in [6.07, 6.45) is 3.55. The van der Waals surface area contributed by atoms with Crippen LogP contribution in [0.4, 0.5) is 0 Å². The van der Waals surface area contributed by atoms with Gasteiger partial charge in [-0.2, -0.15) is 5.26 Å². The first-order chi connectivity index (χ1) is 16.9. The van der Waals surface area contributed by atoms with Crippen molar-refractivity contribution in [3.63, 3.8) is 0 Å². The van der Waals surface area contributed by atoms with Crippen LogP contribution in [0.2, 0.25) is 0 Å². The molecular weight excluding hydrogens is 444 g/mol. The molecule has 0 saturated heterocycles. The van der Waals surface area contributed by atoms with Gasteiger partial charge in [0, 0.05) is 5.92 Å². The summed E-state index contributed by atoms with van der Waals surface area (Å²) in [6.45, 7) is 2.16. The molecule has 0 radical (unpaired) electrons. The van der Waals surface area contributed by atoms with E-state index in [9.17, 15) is 14.9 Å². The van der Waals surface area contributed by atoms with Crippen LogP contribution in [0.3, 0.4) is 0 Å². The fourth-order valence-electron chi connectivity index (χ4n) is 4.65. The minimum absolute atomic E-state index is 0.0785. The molecule has 0 spiro atoms. The molecule has 0 bridgehead atoms. The molecule has 35 heavy (non-hydrogen) atoms. The summed E-state index contributed by atoms with van der Waals surface area (Å²) in [5.41, 5.74) is 11.2. The van der Waals surface area contributed by atoms with E-state index in [1.807, 2.05) is 30.3 Å². The number of hydrogen-bond donors (Lipinski definition) is 1. The maximum atomic E-state index is 11.9. The fourth-order valence-corrected chi connectivity index (χ4v) is 4.65. The second kappa shape index (κ2) is 9.90. The molecule has 1 aliphatic carbocycles. The lowest BCUT2D eigenvalue weighted by atomic mass is 9.74. The number of rotatable bonds is 4. The number of allylic oxidation sites excluding steroid dienone is 3. The molecular formula is C28H26N2O5. The third-order valence-corrected chi connectivity index (χ3v) is 6.29. The lowest BCUT2D eigenvalue weighted by Crippen LogP contribution is -2.26. The van der Waals surface area contributed by atoms with Gasteiger partial charge in [-0.15, -0.1) is 0 Å². The number of nitriles is 1. The molecule has 2 aromatic carbocycles. The molecule has 2 atom stereocenters. The first kappa shape index (κ1) is 23.8. The molecule has 0 fully saturated rings. The van der Waals surface area contributed by atoms with E-state index in [1.165, 1.54) is 14.2 Å². The van der Waals surface area contributed by atoms with Crippen molar-refractivity contribution in [3.8, 4) is 6.07 Å². The highest BCUT2D eigenvalue weighted by atomic mass is 16.5. The number of methoxy groups -OCH3 is 2. The van der Waals surface area contributed by atoms with Gasteiger partial charge in [-0.3, -0.25) is 0 Å². The van der Waals surface area contributed by atoms with Gasteiger partial charge in [0.15, 0.2) is 0 Å². The minimum atomic E-state index is -0.422. The minimum Gasteiger partial charge on any atom is -0.465 e. The van der Waals surface area contributed by atoms with Gasteiger partial charge in [-0.05, 0) is 71.4 Å². The highest BCUT2D eigenvalue weighted by molar-refractivity contribution is 5.90. The molecule has 2 aliphatic rings. The van der Waals surface area contributed by atoms with Crippen LogP contribution in [0.25, 0.3) is 6.08 Å². The largest absolute Gasteiger partial charge is 0.465 e. The maximum Gasteiger partial charge on any atom is 0.337 e. The zero-order valence-electron chi connectivity index (χ0n) is 19.8. The number of esters is 2. The molecule has 4 rings (SSSR count). The number of nitrogens with zero attached hydrogens (tertiary/aromatic N) is 1. The Labute approximate surface area is 204 Å². The third-order valence-electron chi connectivity index (χ3n) is 6.29. The molecule has 2 N–H and O–H groups in total. The predicted octanol–water partition coefficient (Wildman–Crippen LogP) is 4.84. The van der Waals surface area contributed by atoms with Crippen molar-refractivity contribution in [2.45, 2.75) is 25.7 Å². The van der Waals surface area contributed by atoms with Crippen molar-refractivity contribution >= 4 is 18.0 Å². The molecule has 1 heterocycles. The first-order valence-electron chi connectivity index (χ1n) is 11.2. The van der Waals surface area contributed by atoms with Gasteiger partial charge in [0.25, 0.3) is 0 Å². The summed E-state index contributed by atoms with van der Waals surface area (Å²) in [7, 11) is 2.69. The molecule has 178 valence electrons. The third kappa shape index (κ3) is 4.69. The molecule has 1 aliphatic heterocycles. The van der Waals surface area contributed by atoms with Crippen molar-refractivity contribution in [1.82, 2.24) is 0 Å². The number of carbonyl (C=O) groups is 2. The Hall–Kier alpha value is -4.31. The van der Waals surface area contributed by atoms with Gasteiger partial charge in [-0.1, -0.05) is 31.2 Å². The average Bonchev–Trinajstić information content (AvgIpc) is 2.88. The molecule has 0 saturated carbocycles. The average molecular weight is 471 g/mol. The quantitative estimate of drug-likeness (QED) is 0.637. The Morgan fingerprint density at radius 1 is 1.00 bits per heavy atom. The Morgan fingerprint density at radius 2 is 1.57 bits per heavy atom. The molecule has 2 unspecified atom stereocenters. The number of ether oxygens (including phenoxy) is 3.